The summed E-state index contributed by atoms with van der Waals surface area (Å²) in [5.74, 6) is -0.780. The van der Waals surface area contributed by atoms with Gasteiger partial charge in [-0.2, -0.15) is 0 Å². The lowest BCUT2D eigenvalue weighted by molar-refractivity contribution is 0.0514. The molecular weight excluding hydrogens is 418 g/mol. The predicted molar refractivity (Wildman–Crippen MR) is 129 cm³/mol. The number of carbonyl (C=O) groups is 2. The molecule has 0 aromatic heterocycles. The molecule has 5 heteroatoms. The van der Waals surface area contributed by atoms with Crippen LogP contribution in [0.2, 0.25) is 0 Å². The Bertz CT molecular complexity index is 1030. The molecule has 0 spiro atoms. The fourth-order valence-corrected chi connectivity index (χ4v) is 3.95. The van der Waals surface area contributed by atoms with Crippen molar-refractivity contribution < 1.29 is 14.4 Å². The van der Waals surface area contributed by atoms with Crippen LogP contribution >= 0.6 is 11.8 Å². The summed E-state index contributed by atoms with van der Waals surface area (Å²) in [4.78, 5) is 32.7. The fourth-order valence-electron chi connectivity index (χ4n) is 3.11. The standard InChI is InChI=1S/C27H27NO3S/c1-2-3-4-11-16-25(28-31-27(30)22-12-7-5-8-13-22)26(29)21-17-19-24(20-18-21)32-23-14-9-6-10-15-23/h5-10,12-15,17-20H,2-4,11,16H2,1H3. The molecule has 0 aliphatic rings. The largest absolute Gasteiger partial charge is 0.365 e. The summed E-state index contributed by atoms with van der Waals surface area (Å²) in [5, 5.41) is 3.98. The third kappa shape index (κ3) is 7.20. The van der Waals surface area contributed by atoms with E-state index in [1.807, 2.05) is 48.5 Å². The van der Waals surface area contributed by atoms with Crippen LogP contribution in [0.3, 0.4) is 0 Å². The van der Waals surface area contributed by atoms with Crippen LogP contribution in [-0.2, 0) is 4.84 Å². The Hall–Kier alpha value is -3.18. The summed E-state index contributed by atoms with van der Waals surface area (Å²) in [6.07, 6.45) is 4.49. The molecule has 0 saturated carbocycles. The van der Waals surface area contributed by atoms with Crippen LogP contribution < -0.4 is 0 Å². The molecule has 3 rings (SSSR count). The van der Waals surface area contributed by atoms with Crippen molar-refractivity contribution in [1.29, 1.82) is 0 Å². The van der Waals surface area contributed by atoms with E-state index >= 15 is 0 Å². The van der Waals surface area contributed by atoms with Crippen LogP contribution in [0.1, 0.15) is 59.7 Å². The molecule has 4 nitrogen and oxygen atoms in total. The fraction of sp³-hybridized carbons (Fsp3) is 0.222. The van der Waals surface area contributed by atoms with Gasteiger partial charge in [-0.1, -0.05) is 79.5 Å². The third-order valence-corrected chi connectivity index (χ3v) is 5.89. The first kappa shape index (κ1) is 23.5. The minimum absolute atomic E-state index is 0.210. The number of benzene rings is 3. The molecule has 0 aliphatic carbocycles. The van der Waals surface area contributed by atoms with Crippen LogP contribution in [0, 0.1) is 0 Å². The van der Waals surface area contributed by atoms with Gasteiger partial charge in [-0.3, -0.25) is 4.79 Å². The van der Waals surface area contributed by atoms with E-state index in [0.29, 0.717) is 17.5 Å². The number of hydrogen-bond donors (Lipinski definition) is 0. The van der Waals surface area contributed by atoms with E-state index in [2.05, 4.69) is 12.1 Å². The van der Waals surface area contributed by atoms with Gasteiger partial charge in [0.1, 0.15) is 5.71 Å². The maximum absolute atomic E-state index is 13.1. The highest BCUT2D eigenvalue weighted by atomic mass is 32.2. The molecule has 0 N–H and O–H groups in total. The van der Waals surface area contributed by atoms with Crippen molar-refractivity contribution in [2.45, 2.75) is 48.8 Å². The molecule has 0 bridgehead atoms. The molecule has 3 aromatic carbocycles. The summed E-state index contributed by atoms with van der Waals surface area (Å²) in [5.41, 5.74) is 1.21. The summed E-state index contributed by atoms with van der Waals surface area (Å²) >= 11 is 1.64. The van der Waals surface area contributed by atoms with E-state index in [4.69, 9.17) is 4.84 Å². The van der Waals surface area contributed by atoms with Crippen molar-refractivity contribution in [2.24, 2.45) is 5.16 Å². The molecule has 164 valence electrons. The summed E-state index contributed by atoms with van der Waals surface area (Å²) in [6.45, 7) is 2.14. The number of carbonyl (C=O) groups excluding carboxylic acids is 2. The minimum atomic E-state index is -0.570. The van der Waals surface area contributed by atoms with Crippen molar-refractivity contribution in [3.8, 4) is 0 Å². The third-order valence-electron chi connectivity index (χ3n) is 4.87. The van der Waals surface area contributed by atoms with E-state index in [9.17, 15) is 9.59 Å². The molecule has 0 aliphatic heterocycles. The highest BCUT2D eigenvalue weighted by Gasteiger charge is 2.17. The zero-order chi connectivity index (χ0) is 22.6. The zero-order valence-corrected chi connectivity index (χ0v) is 19.0. The monoisotopic (exact) mass is 445 g/mol. The smallest absolute Gasteiger partial charge is 0.312 e. The molecule has 0 atom stereocenters. The van der Waals surface area contributed by atoms with Crippen LogP contribution in [0.5, 0.6) is 0 Å². The first-order valence-corrected chi connectivity index (χ1v) is 11.7. The topological polar surface area (TPSA) is 55.7 Å². The molecule has 0 fully saturated rings. The number of unbranched alkanes of at least 4 members (excludes halogenated alkanes) is 3. The van der Waals surface area contributed by atoms with Gasteiger partial charge in [0.15, 0.2) is 0 Å². The molecule has 3 aromatic rings. The normalized spacial score (nSPS) is 11.2. The molecule has 0 amide bonds. The van der Waals surface area contributed by atoms with Gasteiger partial charge in [0.25, 0.3) is 0 Å². The Kier molecular flexibility index (Phi) is 9.26. The number of rotatable bonds is 11. The quantitative estimate of drug-likeness (QED) is 0.103. The summed E-state index contributed by atoms with van der Waals surface area (Å²) in [6, 6.07) is 26.2. The Morgan fingerprint density at radius 3 is 2.03 bits per heavy atom. The van der Waals surface area contributed by atoms with Gasteiger partial charge >= 0.3 is 5.97 Å². The Morgan fingerprint density at radius 2 is 1.38 bits per heavy atom. The average molecular weight is 446 g/mol. The molecule has 32 heavy (non-hydrogen) atoms. The van der Waals surface area contributed by atoms with Crippen LogP contribution in [-0.4, -0.2) is 17.5 Å². The summed E-state index contributed by atoms with van der Waals surface area (Å²) < 4.78 is 0. The number of Topliss-reactive ketones (excluding diaryl/α,β-unsaturated/α-hetero) is 1. The lowest BCUT2D eigenvalue weighted by Gasteiger charge is -2.07. The number of hydrogen-bond acceptors (Lipinski definition) is 5. The van der Waals surface area contributed by atoms with Gasteiger partial charge in [0, 0.05) is 15.4 Å². The SMILES string of the molecule is CCCCCCC(=NOC(=O)c1ccccc1)C(=O)c1ccc(Sc2ccccc2)cc1. The second kappa shape index (κ2) is 12.6. The predicted octanol–water partition coefficient (Wildman–Crippen LogP) is 7.20. The van der Waals surface area contributed by atoms with E-state index < -0.39 is 5.97 Å². The molecule has 0 unspecified atom stereocenters. The van der Waals surface area contributed by atoms with Gasteiger partial charge in [-0.25, -0.2) is 4.79 Å². The highest BCUT2D eigenvalue weighted by molar-refractivity contribution is 7.99. The number of ketones is 1. The van der Waals surface area contributed by atoms with Crippen molar-refractivity contribution in [1.82, 2.24) is 0 Å². The first-order chi connectivity index (χ1) is 15.7. The average Bonchev–Trinajstić information content (AvgIpc) is 2.84. The lowest BCUT2D eigenvalue weighted by Crippen LogP contribution is -2.16. The van der Waals surface area contributed by atoms with Gasteiger partial charge in [0.2, 0.25) is 5.78 Å². The maximum Gasteiger partial charge on any atom is 0.365 e. The molecular formula is C27H27NO3S. The first-order valence-electron chi connectivity index (χ1n) is 10.9. The highest BCUT2D eigenvalue weighted by Crippen LogP contribution is 2.27. The Morgan fingerprint density at radius 1 is 0.750 bits per heavy atom. The second-order valence-corrected chi connectivity index (χ2v) is 8.51. The van der Waals surface area contributed by atoms with E-state index in [-0.39, 0.29) is 11.5 Å². The van der Waals surface area contributed by atoms with Gasteiger partial charge in [0.05, 0.1) is 5.56 Å². The van der Waals surface area contributed by atoms with Crippen LogP contribution in [0.25, 0.3) is 0 Å². The molecule has 0 saturated heterocycles. The lowest BCUT2D eigenvalue weighted by atomic mass is 10.0. The zero-order valence-electron chi connectivity index (χ0n) is 18.2. The van der Waals surface area contributed by atoms with E-state index in [1.165, 1.54) is 0 Å². The van der Waals surface area contributed by atoms with E-state index in [0.717, 1.165) is 35.5 Å². The molecule has 0 radical (unpaired) electrons. The van der Waals surface area contributed by atoms with Crippen molar-refractivity contribution in [3.05, 3.63) is 96.1 Å². The number of nitrogens with zero attached hydrogens (tertiary/aromatic N) is 1. The second-order valence-electron chi connectivity index (χ2n) is 7.36. The van der Waals surface area contributed by atoms with E-state index in [1.54, 1.807) is 48.2 Å². The van der Waals surface area contributed by atoms with Crippen molar-refractivity contribution in [2.75, 3.05) is 0 Å². The minimum Gasteiger partial charge on any atom is -0.312 e. The summed E-state index contributed by atoms with van der Waals surface area (Å²) in [7, 11) is 0. The van der Waals surface area contributed by atoms with Crippen LogP contribution in [0.4, 0.5) is 0 Å². The Labute approximate surface area is 193 Å². The van der Waals surface area contributed by atoms with Crippen molar-refractivity contribution in [3.63, 3.8) is 0 Å². The maximum atomic E-state index is 13.1. The molecule has 0 heterocycles. The Balaban J connectivity index is 1.71. The van der Waals surface area contributed by atoms with Crippen molar-refractivity contribution >= 4 is 29.2 Å². The van der Waals surface area contributed by atoms with Gasteiger partial charge < -0.3 is 4.84 Å². The number of oxime groups is 1. The van der Waals surface area contributed by atoms with Gasteiger partial charge in [-0.05, 0) is 61.4 Å². The van der Waals surface area contributed by atoms with Crippen LogP contribution in [0.15, 0.2) is 99.9 Å². The van der Waals surface area contributed by atoms with Gasteiger partial charge in [-0.15, -0.1) is 0 Å².